The number of hydrogen-bond donors (Lipinski definition) is 4. The van der Waals surface area contributed by atoms with Gasteiger partial charge in [0.15, 0.2) is 5.75 Å². The van der Waals surface area contributed by atoms with Crippen molar-refractivity contribution < 1.29 is 19.5 Å². The smallest absolute Gasteiger partial charge is 0.319 e. The third-order valence-electron chi connectivity index (χ3n) is 5.09. The minimum absolute atomic E-state index is 0.144. The molecule has 0 fully saturated rings. The molecular weight excluding hydrogens is 396 g/mol. The van der Waals surface area contributed by atoms with Crippen LogP contribution in [0, 0.1) is 5.92 Å². The standard InChI is InChI=1S/C23H24N4O4/c1-13(2)11-18(22(28)27-30)26-23(29)25-17-12-20-21(15-8-4-3-7-14(15)17)24-16-9-5-6-10-19(16)31-20/h3-5,7-10,12-13,18,30H,6,11H2,1-2H3,(H,27,28)(H2,25,26,29). The SMILES string of the molecule is CC(C)CC(NC(=O)Nc1cc2c(c3ccccc13)N=C1C=CCC=C1O2)C(=O)NO. The van der Waals surface area contributed by atoms with Gasteiger partial charge in [-0.25, -0.2) is 15.3 Å². The van der Waals surface area contributed by atoms with Gasteiger partial charge in [0.25, 0.3) is 5.91 Å². The fourth-order valence-corrected chi connectivity index (χ4v) is 3.70. The number of benzene rings is 2. The summed E-state index contributed by atoms with van der Waals surface area (Å²) >= 11 is 0. The molecule has 4 N–H and O–H groups in total. The highest BCUT2D eigenvalue weighted by atomic mass is 16.5. The number of anilines is 1. The molecule has 0 radical (unpaired) electrons. The number of aliphatic imine (C=N–C) groups is 1. The van der Waals surface area contributed by atoms with Gasteiger partial charge in [-0.15, -0.1) is 0 Å². The van der Waals surface area contributed by atoms with Crippen molar-refractivity contribution in [3.05, 3.63) is 54.3 Å². The average Bonchev–Trinajstić information content (AvgIpc) is 2.76. The number of ether oxygens (including phenoxy) is 1. The number of nitrogens with zero attached hydrogens (tertiary/aromatic N) is 1. The summed E-state index contributed by atoms with van der Waals surface area (Å²) in [6, 6.07) is 7.91. The number of nitrogens with one attached hydrogen (secondary N) is 3. The minimum atomic E-state index is -0.864. The van der Waals surface area contributed by atoms with Crippen LogP contribution in [0.4, 0.5) is 16.2 Å². The number of amides is 3. The molecule has 160 valence electrons. The second kappa shape index (κ2) is 8.61. The summed E-state index contributed by atoms with van der Waals surface area (Å²) in [4.78, 5) is 29.4. The van der Waals surface area contributed by atoms with Crippen molar-refractivity contribution in [3.8, 4) is 5.75 Å². The number of hydroxylamine groups is 1. The number of urea groups is 1. The molecule has 0 aromatic heterocycles. The van der Waals surface area contributed by atoms with E-state index in [9.17, 15) is 9.59 Å². The summed E-state index contributed by atoms with van der Waals surface area (Å²) in [7, 11) is 0. The first-order valence-electron chi connectivity index (χ1n) is 10.2. The van der Waals surface area contributed by atoms with Crippen LogP contribution in [-0.4, -0.2) is 28.9 Å². The normalized spacial score (nSPS) is 15.2. The van der Waals surface area contributed by atoms with Crippen LogP contribution >= 0.6 is 0 Å². The molecule has 2 aromatic carbocycles. The monoisotopic (exact) mass is 420 g/mol. The van der Waals surface area contributed by atoms with Crippen LogP contribution in [0.3, 0.4) is 0 Å². The van der Waals surface area contributed by atoms with Gasteiger partial charge in [0.1, 0.15) is 23.2 Å². The van der Waals surface area contributed by atoms with Crippen molar-refractivity contribution in [3.63, 3.8) is 0 Å². The summed E-state index contributed by atoms with van der Waals surface area (Å²) < 4.78 is 6.07. The molecule has 0 saturated carbocycles. The molecule has 0 spiro atoms. The zero-order valence-electron chi connectivity index (χ0n) is 17.3. The quantitative estimate of drug-likeness (QED) is 0.429. The largest absolute Gasteiger partial charge is 0.453 e. The molecule has 2 aliphatic rings. The molecule has 2 aromatic rings. The summed E-state index contributed by atoms with van der Waals surface area (Å²) in [6.45, 7) is 3.85. The van der Waals surface area contributed by atoms with E-state index in [1.54, 1.807) is 11.5 Å². The molecule has 1 unspecified atom stereocenters. The molecule has 0 bridgehead atoms. The summed E-state index contributed by atoms with van der Waals surface area (Å²) in [5.74, 6) is 0.718. The van der Waals surface area contributed by atoms with Crippen molar-refractivity contribution in [2.45, 2.75) is 32.7 Å². The van der Waals surface area contributed by atoms with Crippen LogP contribution in [0.25, 0.3) is 10.8 Å². The maximum absolute atomic E-state index is 12.7. The Bertz CT molecular complexity index is 1130. The van der Waals surface area contributed by atoms with E-state index in [-0.39, 0.29) is 5.92 Å². The van der Waals surface area contributed by atoms with Crippen molar-refractivity contribution in [1.29, 1.82) is 0 Å². The predicted molar refractivity (Wildman–Crippen MR) is 119 cm³/mol. The number of allylic oxidation sites excluding steroid dienone is 3. The van der Waals surface area contributed by atoms with E-state index in [1.165, 1.54) is 0 Å². The maximum atomic E-state index is 12.7. The van der Waals surface area contributed by atoms with Gasteiger partial charge in [0.2, 0.25) is 0 Å². The van der Waals surface area contributed by atoms with E-state index >= 15 is 0 Å². The Balaban J connectivity index is 1.66. The van der Waals surface area contributed by atoms with Crippen LogP contribution in [-0.2, 0) is 4.79 Å². The summed E-state index contributed by atoms with van der Waals surface area (Å²) in [5.41, 5.74) is 3.62. The first kappa shape index (κ1) is 20.6. The van der Waals surface area contributed by atoms with E-state index < -0.39 is 18.0 Å². The molecule has 31 heavy (non-hydrogen) atoms. The van der Waals surface area contributed by atoms with Gasteiger partial charge < -0.3 is 15.4 Å². The molecule has 1 heterocycles. The minimum Gasteiger partial charge on any atom is -0.453 e. The number of hydrogen-bond acceptors (Lipinski definition) is 5. The first-order valence-corrected chi connectivity index (χ1v) is 10.2. The highest BCUT2D eigenvalue weighted by molar-refractivity contribution is 6.15. The van der Waals surface area contributed by atoms with Crippen molar-refractivity contribution in [2.24, 2.45) is 10.9 Å². The number of rotatable bonds is 5. The molecular formula is C23H24N4O4. The Morgan fingerprint density at radius 3 is 2.74 bits per heavy atom. The second-order valence-corrected chi connectivity index (χ2v) is 7.88. The van der Waals surface area contributed by atoms with Gasteiger partial charge in [0, 0.05) is 16.8 Å². The maximum Gasteiger partial charge on any atom is 0.319 e. The number of carbonyl (C=O) groups excluding carboxylic acids is 2. The van der Waals surface area contributed by atoms with Gasteiger partial charge in [0.05, 0.1) is 5.69 Å². The summed E-state index contributed by atoms with van der Waals surface area (Å²) in [6.07, 6.45) is 7.08. The van der Waals surface area contributed by atoms with Crippen molar-refractivity contribution in [1.82, 2.24) is 10.8 Å². The zero-order valence-corrected chi connectivity index (χ0v) is 17.3. The van der Waals surface area contributed by atoms with Crippen LogP contribution < -0.4 is 20.9 Å². The van der Waals surface area contributed by atoms with E-state index in [0.29, 0.717) is 29.3 Å². The van der Waals surface area contributed by atoms with Gasteiger partial charge in [-0.2, -0.15) is 0 Å². The molecule has 1 aliphatic heterocycles. The Labute approximate surface area is 179 Å². The lowest BCUT2D eigenvalue weighted by Crippen LogP contribution is -2.48. The lowest BCUT2D eigenvalue weighted by atomic mass is 10.0. The molecule has 1 atom stereocenters. The summed E-state index contributed by atoms with van der Waals surface area (Å²) in [5, 5.41) is 16.1. The zero-order chi connectivity index (χ0) is 22.0. The van der Waals surface area contributed by atoms with Crippen LogP contribution in [0.5, 0.6) is 5.75 Å². The molecule has 3 amide bonds. The van der Waals surface area contributed by atoms with E-state index in [1.807, 2.05) is 56.3 Å². The van der Waals surface area contributed by atoms with Crippen molar-refractivity contribution >= 4 is 39.8 Å². The van der Waals surface area contributed by atoms with Gasteiger partial charge >= 0.3 is 6.03 Å². The van der Waals surface area contributed by atoms with E-state index in [0.717, 1.165) is 22.9 Å². The Morgan fingerprint density at radius 2 is 2.00 bits per heavy atom. The van der Waals surface area contributed by atoms with Gasteiger partial charge in [-0.1, -0.05) is 44.2 Å². The predicted octanol–water partition coefficient (Wildman–Crippen LogP) is 4.19. The Kier molecular flexibility index (Phi) is 5.73. The average molecular weight is 420 g/mol. The fourth-order valence-electron chi connectivity index (χ4n) is 3.70. The van der Waals surface area contributed by atoms with E-state index in [4.69, 9.17) is 14.9 Å². The van der Waals surface area contributed by atoms with E-state index in [2.05, 4.69) is 10.6 Å². The van der Waals surface area contributed by atoms with Crippen molar-refractivity contribution in [2.75, 3.05) is 5.32 Å². The van der Waals surface area contributed by atoms with Gasteiger partial charge in [-0.05, 0) is 30.9 Å². The molecule has 0 saturated heterocycles. The Hall–Kier alpha value is -3.65. The number of carbonyl (C=O) groups is 2. The first-order chi connectivity index (χ1) is 15.0. The topological polar surface area (TPSA) is 112 Å². The highest BCUT2D eigenvalue weighted by Crippen LogP contribution is 2.44. The highest BCUT2D eigenvalue weighted by Gasteiger charge is 2.24. The molecule has 8 nitrogen and oxygen atoms in total. The fraction of sp³-hybridized carbons (Fsp3) is 0.261. The third kappa shape index (κ3) is 4.29. The lowest BCUT2D eigenvalue weighted by Gasteiger charge is -2.23. The molecule has 4 rings (SSSR count). The van der Waals surface area contributed by atoms with Crippen LogP contribution in [0.1, 0.15) is 26.7 Å². The number of fused-ring (bicyclic) bond motifs is 4. The lowest BCUT2D eigenvalue weighted by molar-refractivity contribution is -0.131. The van der Waals surface area contributed by atoms with Gasteiger partial charge in [-0.3, -0.25) is 10.0 Å². The molecule has 1 aliphatic carbocycles. The second-order valence-electron chi connectivity index (χ2n) is 7.88. The third-order valence-corrected chi connectivity index (χ3v) is 5.09. The van der Waals surface area contributed by atoms with Crippen LogP contribution in [0.15, 0.2) is 59.3 Å². The molecule has 8 heteroatoms. The van der Waals surface area contributed by atoms with Crippen LogP contribution in [0.2, 0.25) is 0 Å². The Morgan fingerprint density at radius 1 is 1.23 bits per heavy atom.